The van der Waals surface area contributed by atoms with Crippen LogP contribution in [0.3, 0.4) is 0 Å². The van der Waals surface area contributed by atoms with Gasteiger partial charge < -0.3 is 5.32 Å². The van der Waals surface area contributed by atoms with Crippen LogP contribution in [0.1, 0.15) is 11.1 Å². The predicted molar refractivity (Wildman–Crippen MR) is 71.8 cm³/mol. The Balaban J connectivity index is 2.05. The van der Waals surface area contributed by atoms with Gasteiger partial charge in [-0.25, -0.2) is 0 Å². The van der Waals surface area contributed by atoms with E-state index in [1.54, 1.807) is 6.21 Å². The largest absolute Gasteiger partial charge is 0.303 e. The van der Waals surface area contributed by atoms with Gasteiger partial charge in [0, 0.05) is 5.02 Å². The van der Waals surface area contributed by atoms with Gasteiger partial charge in [0.1, 0.15) is 0 Å². The maximum Gasteiger partial charge on any atom is 0.236 e. The van der Waals surface area contributed by atoms with E-state index in [1.165, 1.54) is 11.8 Å². The van der Waals surface area contributed by atoms with E-state index in [9.17, 15) is 4.79 Å². The number of rotatable bonds is 2. The molecule has 1 aliphatic heterocycles. The fraction of sp³-hybridized carbons (Fsp3) is 0.182. The highest BCUT2D eigenvalue weighted by Crippen LogP contribution is 2.15. The van der Waals surface area contributed by atoms with Crippen molar-refractivity contribution in [2.24, 2.45) is 10.2 Å². The molecule has 1 aromatic carbocycles. The third kappa shape index (κ3) is 3.31. The lowest BCUT2D eigenvalue weighted by atomic mass is 10.2. The minimum atomic E-state index is -0.0395. The Labute approximate surface area is 108 Å². The number of halogens is 1. The molecule has 4 nitrogen and oxygen atoms in total. The summed E-state index contributed by atoms with van der Waals surface area (Å²) in [5.41, 5.74) is 1.90. The molecule has 17 heavy (non-hydrogen) atoms. The van der Waals surface area contributed by atoms with Gasteiger partial charge in [0.2, 0.25) is 5.91 Å². The first-order chi connectivity index (χ1) is 8.15. The number of amides is 1. The van der Waals surface area contributed by atoms with Crippen LogP contribution < -0.4 is 5.32 Å². The molecule has 88 valence electrons. The van der Waals surface area contributed by atoms with Gasteiger partial charge in [-0.05, 0) is 24.1 Å². The van der Waals surface area contributed by atoms with Gasteiger partial charge in [0.15, 0.2) is 5.17 Å². The highest BCUT2D eigenvalue weighted by atomic mass is 35.5. The quantitative estimate of drug-likeness (QED) is 0.660. The molecule has 0 unspecified atom stereocenters. The van der Waals surface area contributed by atoms with Crippen LogP contribution >= 0.6 is 23.4 Å². The number of carbonyl (C=O) groups is 1. The zero-order chi connectivity index (χ0) is 12.3. The van der Waals surface area contributed by atoms with E-state index in [2.05, 4.69) is 15.5 Å². The molecular weight excluding hydrogens is 258 g/mol. The van der Waals surface area contributed by atoms with Crippen molar-refractivity contribution in [3.8, 4) is 0 Å². The van der Waals surface area contributed by atoms with Gasteiger partial charge in [0.05, 0.1) is 12.0 Å². The van der Waals surface area contributed by atoms with Crippen LogP contribution in [0.5, 0.6) is 0 Å². The van der Waals surface area contributed by atoms with Gasteiger partial charge in [-0.15, -0.1) is 5.10 Å². The van der Waals surface area contributed by atoms with Gasteiger partial charge in [-0.2, -0.15) is 5.10 Å². The van der Waals surface area contributed by atoms with Gasteiger partial charge in [0.25, 0.3) is 0 Å². The summed E-state index contributed by atoms with van der Waals surface area (Å²) in [6, 6.07) is 5.65. The average Bonchev–Trinajstić information content (AvgIpc) is 2.70. The molecule has 0 atom stereocenters. The number of benzene rings is 1. The number of nitrogens with zero attached hydrogens (tertiary/aromatic N) is 2. The molecule has 1 aromatic rings. The van der Waals surface area contributed by atoms with Crippen LogP contribution in [-0.2, 0) is 4.79 Å². The SMILES string of the molecule is Cc1ccc(C=NN=C2NC(=O)CS2)cc1Cl. The van der Waals surface area contributed by atoms with E-state index >= 15 is 0 Å². The fourth-order valence-electron chi connectivity index (χ4n) is 1.22. The first-order valence-corrected chi connectivity index (χ1v) is 6.31. The summed E-state index contributed by atoms with van der Waals surface area (Å²) < 4.78 is 0. The molecule has 0 aromatic heterocycles. The molecule has 0 spiro atoms. The topological polar surface area (TPSA) is 53.8 Å². The Morgan fingerprint density at radius 2 is 2.35 bits per heavy atom. The molecule has 0 bridgehead atoms. The van der Waals surface area contributed by atoms with Crippen LogP contribution in [0.25, 0.3) is 0 Å². The highest BCUT2D eigenvalue weighted by Gasteiger charge is 2.15. The van der Waals surface area contributed by atoms with Crippen molar-refractivity contribution in [2.75, 3.05) is 5.75 Å². The molecule has 1 fully saturated rings. The van der Waals surface area contributed by atoms with Crippen molar-refractivity contribution in [1.82, 2.24) is 5.32 Å². The molecule has 0 saturated carbocycles. The molecule has 2 rings (SSSR count). The standard InChI is InChI=1S/C11H10ClN3OS/c1-7-2-3-8(4-9(7)12)5-13-15-11-14-10(16)6-17-11/h2-5H,6H2,1H3,(H,14,15,16). The summed E-state index contributed by atoms with van der Waals surface area (Å²) in [5.74, 6) is 0.368. The summed E-state index contributed by atoms with van der Waals surface area (Å²) in [6.07, 6.45) is 1.60. The zero-order valence-electron chi connectivity index (χ0n) is 9.11. The molecule has 1 N–H and O–H groups in total. The van der Waals surface area contributed by atoms with Crippen molar-refractivity contribution >= 4 is 40.7 Å². The average molecular weight is 268 g/mol. The van der Waals surface area contributed by atoms with E-state index in [-0.39, 0.29) is 5.91 Å². The van der Waals surface area contributed by atoms with E-state index < -0.39 is 0 Å². The molecular formula is C11H10ClN3OS. The molecule has 0 aliphatic carbocycles. The van der Waals surface area contributed by atoms with Gasteiger partial charge in [-0.3, -0.25) is 4.79 Å². The summed E-state index contributed by atoms with van der Waals surface area (Å²) in [4.78, 5) is 10.9. The second kappa shape index (κ2) is 5.33. The maximum absolute atomic E-state index is 10.9. The Kier molecular flexibility index (Phi) is 3.81. The van der Waals surface area contributed by atoms with Crippen LogP contribution in [0.4, 0.5) is 0 Å². The van der Waals surface area contributed by atoms with Crippen molar-refractivity contribution in [1.29, 1.82) is 0 Å². The molecule has 0 radical (unpaired) electrons. The lowest BCUT2D eigenvalue weighted by molar-refractivity contribution is -0.116. The Morgan fingerprint density at radius 1 is 1.53 bits per heavy atom. The monoisotopic (exact) mass is 267 g/mol. The van der Waals surface area contributed by atoms with E-state index in [0.717, 1.165) is 11.1 Å². The summed E-state index contributed by atoms with van der Waals surface area (Å²) >= 11 is 7.32. The lowest BCUT2D eigenvalue weighted by Crippen LogP contribution is -2.19. The van der Waals surface area contributed by atoms with E-state index in [0.29, 0.717) is 15.9 Å². The third-order valence-electron chi connectivity index (χ3n) is 2.14. The number of hydrogen-bond donors (Lipinski definition) is 1. The van der Waals surface area contributed by atoms with Crippen LogP contribution in [0, 0.1) is 6.92 Å². The van der Waals surface area contributed by atoms with E-state index in [1.807, 2.05) is 25.1 Å². The summed E-state index contributed by atoms with van der Waals surface area (Å²) in [7, 11) is 0. The number of nitrogens with one attached hydrogen (secondary N) is 1. The zero-order valence-corrected chi connectivity index (χ0v) is 10.7. The minimum absolute atomic E-state index is 0.0395. The Morgan fingerprint density at radius 3 is 3.00 bits per heavy atom. The number of amidine groups is 1. The molecule has 1 aliphatic rings. The van der Waals surface area contributed by atoms with E-state index in [4.69, 9.17) is 11.6 Å². The van der Waals surface area contributed by atoms with Crippen LogP contribution in [-0.4, -0.2) is 23.0 Å². The Bertz CT molecular complexity index is 513. The summed E-state index contributed by atoms with van der Waals surface area (Å²) in [6.45, 7) is 1.94. The van der Waals surface area contributed by atoms with Gasteiger partial charge in [-0.1, -0.05) is 35.5 Å². The van der Waals surface area contributed by atoms with Crippen molar-refractivity contribution in [3.05, 3.63) is 34.3 Å². The van der Waals surface area contributed by atoms with Crippen molar-refractivity contribution < 1.29 is 4.79 Å². The predicted octanol–water partition coefficient (Wildman–Crippen LogP) is 2.20. The third-order valence-corrected chi connectivity index (χ3v) is 3.41. The second-order valence-electron chi connectivity index (χ2n) is 3.50. The Hall–Kier alpha value is -1.33. The summed E-state index contributed by atoms with van der Waals surface area (Å²) in [5, 5.41) is 11.6. The molecule has 1 saturated heterocycles. The lowest BCUT2D eigenvalue weighted by Gasteiger charge is -1.97. The van der Waals surface area contributed by atoms with Crippen LogP contribution in [0.15, 0.2) is 28.4 Å². The highest BCUT2D eigenvalue weighted by molar-refractivity contribution is 8.15. The molecule has 1 heterocycles. The normalized spacial score (nSPS) is 18.0. The molecule has 1 amide bonds. The number of thioether (sulfide) groups is 1. The number of carbonyl (C=O) groups excluding carboxylic acids is 1. The second-order valence-corrected chi connectivity index (χ2v) is 4.87. The van der Waals surface area contributed by atoms with Gasteiger partial charge >= 0.3 is 0 Å². The number of aryl methyl sites for hydroxylation is 1. The van der Waals surface area contributed by atoms with Crippen LogP contribution in [0.2, 0.25) is 5.02 Å². The smallest absolute Gasteiger partial charge is 0.236 e. The molecule has 6 heteroatoms. The first-order valence-electron chi connectivity index (χ1n) is 4.95. The first kappa shape index (κ1) is 12.1. The maximum atomic E-state index is 10.9. The minimum Gasteiger partial charge on any atom is -0.303 e. The number of hydrogen-bond acceptors (Lipinski definition) is 4. The van der Waals surface area contributed by atoms with Crippen molar-refractivity contribution in [3.63, 3.8) is 0 Å². The fourth-order valence-corrected chi connectivity index (χ4v) is 2.04. The van der Waals surface area contributed by atoms with Crippen molar-refractivity contribution in [2.45, 2.75) is 6.92 Å².